The topological polar surface area (TPSA) is 62.1 Å². The summed E-state index contributed by atoms with van der Waals surface area (Å²) in [6.45, 7) is 7.20. The Morgan fingerprint density at radius 2 is 1.90 bits per heavy atom. The van der Waals surface area contributed by atoms with Gasteiger partial charge in [0.05, 0.1) is 18.6 Å². The van der Waals surface area contributed by atoms with E-state index in [2.05, 4.69) is 4.99 Å². The van der Waals surface area contributed by atoms with E-state index in [1.807, 2.05) is 32.8 Å². The molecule has 116 valence electrons. The quantitative estimate of drug-likeness (QED) is 0.514. The van der Waals surface area contributed by atoms with Gasteiger partial charge in [0.2, 0.25) is 0 Å². The van der Waals surface area contributed by atoms with Crippen molar-refractivity contribution < 1.29 is 14.6 Å². The van der Waals surface area contributed by atoms with Gasteiger partial charge in [0.15, 0.2) is 5.60 Å². The molecule has 1 rings (SSSR count). The van der Waals surface area contributed by atoms with Crippen LogP contribution in [0, 0.1) is 13.8 Å². The Kier molecular flexibility index (Phi) is 5.49. The fraction of sp³-hybridized carbons (Fsp3) is 0.500. The highest BCUT2D eigenvalue weighted by molar-refractivity contribution is 5.81. The lowest BCUT2D eigenvalue weighted by Gasteiger charge is -2.23. The van der Waals surface area contributed by atoms with Gasteiger partial charge in [0.1, 0.15) is 0 Å². The summed E-state index contributed by atoms with van der Waals surface area (Å²) in [5.41, 5.74) is 1.49. The summed E-state index contributed by atoms with van der Waals surface area (Å²) in [4.78, 5) is 18.1. The average molecular weight is 292 g/mol. The fourth-order valence-electron chi connectivity index (χ4n) is 2.00. The van der Waals surface area contributed by atoms with E-state index in [0.29, 0.717) is 5.56 Å². The summed E-state index contributed by atoms with van der Waals surface area (Å²) in [5.74, 6) is -0.645. The van der Waals surface area contributed by atoms with E-state index in [0.717, 1.165) is 16.8 Å². The second-order valence-corrected chi connectivity index (χ2v) is 5.46. The number of carbonyl (C=O) groups is 1. The van der Waals surface area contributed by atoms with Gasteiger partial charge in [-0.3, -0.25) is 0 Å². The summed E-state index contributed by atoms with van der Waals surface area (Å²) in [7, 11) is 3.79. The van der Waals surface area contributed by atoms with E-state index in [9.17, 15) is 9.90 Å². The number of hydrogen-bond acceptors (Lipinski definition) is 4. The molecule has 0 amide bonds. The number of benzene rings is 1. The molecule has 0 heterocycles. The highest BCUT2D eigenvalue weighted by atomic mass is 16.5. The van der Waals surface area contributed by atoms with E-state index in [4.69, 9.17) is 4.74 Å². The minimum absolute atomic E-state index is 0.234. The van der Waals surface area contributed by atoms with Gasteiger partial charge < -0.3 is 14.7 Å². The first kappa shape index (κ1) is 17.2. The van der Waals surface area contributed by atoms with Crippen LogP contribution in [-0.2, 0) is 15.1 Å². The monoisotopic (exact) mass is 292 g/mol. The van der Waals surface area contributed by atoms with Crippen molar-refractivity contribution in [3.63, 3.8) is 0 Å². The zero-order valence-corrected chi connectivity index (χ0v) is 13.6. The first-order valence-electron chi connectivity index (χ1n) is 6.92. The van der Waals surface area contributed by atoms with Crippen LogP contribution in [0.25, 0.3) is 0 Å². The minimum Gasteiger partial charge on any atom is -0.464 e. The van der Waals surface area contributed by atoms with Gasteiger partial charge >= 0.3 is 5.97 Å². The molecule has 0 radical (unpaired) electrons. The van der Waals surface area contributed by atoms with Crippen molar-refractivity contribution in [3.05, 3.63) is 28.8 Å². The summed E-state index contributed by atoms with van der Waals surface area (Å²) in [6.07, 6.45) is 1.72. The SMILES string of the molecule is CCOC(=O)C(C)(O)c1cc(C)c(N=CN(C)C)c(C)c1. The second-order valence-electron chi connectivity index (χ2n) is 5.46. The largest absolute Gasteiger partial charge is 0.464 e. The van der Waals surface area contributed by atoms with Crippen LogP contribution in [-0.4, -0.2) is 43.0 Å². The summed E-state index contributed by atoms with van der Waals surface area (Å²) in [5, 5.41) is 10.4. The molecule has 1 unspecified atom stereocenters. The Bertz CT molecular complexity index is 525. The Hall–Kier alpha value is -1.88. The van der Waals surface area contributed by atoms with Gasteiger partial charge in [-0.25, -0.2) is 9.79 Å². The molecule has 1 atom stereocenters. The molecule has 0 aliphatic carbocycles. The number of aliphatic imine (C=N–C) groups is 1. The molecule has 0 saturated carbocycles. The molecule has 0 fully saturated rings. The molecule has 0 aliphatic heterocycles. The van der Waals surface area contributed by atoms with Gasteiger partial charge in [-0.2, -0.15) is 0 Å². The molecule has 1 aromatic rings. The highest BCUT2D eigenvalue weighted by Gasteiger charge is 2.34. The van der Waals surface area contributed by atoms with Crippen molar-refractivity contribution in [1.82, 2.24) is 4.90 Å². The van der Waals surface area contributed by atoms with Gasteiger partial charge in [-0.05, 0) is 44.4 Å². The molecule has 0 saturated heterocycles. The molecule has 0 aliphatic rings. The van der Waals surface area contributed by atoms with Crippen LogP contribution in [0.1, 0.15) is 30.5 Å². The van der Waals surface area contributed by atoms with Gasteiger partial charge in [-0.1, -0.05) is 12.1 Å². The standard InChI is InChI=1S/C16H24N2O3/c1-7-21-15(19)16(4,20)13-8-11(2)14(12(3)9-13)17-10-18(5)6/h8-10,20H,7H2,1-6H3. The van der Waals surface area contributed by atoms with Crippen LogP contribution in [0.3, 0.4) is 0 Å². The number of hydrogen-bond donors (Lipinski definition) is 1. The van der Waals surface area contributed by atoms with Crippen molar-refractivity contribution in [2.45, 2.75) is 33.3 Å². The number of nitrogens with zero attached hydrogens (tertiary/aromatic N) is 2. The lowest BCUT2D eigenvalue weighted by atomic mass is 9.92. The Morgan fingerprint density at radius 3 is 2.33 bits per heavy atom. The van der Waals surface area contributed by atoms with Crippen LogP contribution in [0.15, 0.2) is 17.1 Å². The van der Waals surface area contributed by atoms with Crippen LogP contribution in [0.5, 0.6) is 0 Å². The molecule has 0 aromatic heterocycles. The predicted molar refractivity (Wildman–Crippen MR) is 84.0 cm³/mol. The van der Waals surface area contributed by atoms with Crippen LogP contribution >= 0.6 is 0 Å². The van der Waals surface area contributed by atoms with E-state index in [-0.39, 0.29) is 6.61 Å². The lowest BCUT2D eigenvalue weighted by Crippen LogP contribution is -2.34. The third kappa shape index (κ3) is 4.04. The molecular formula is C16H24N2O3. The molecule has 5 nitrogen and oxygen atoms in total. The maximum absolute atomic E-state index is 11.9. The highest BCUT2D eigenvalue weighted by Crippen LogP contribution is 2.31. The van der Waals surface area contributed by atoms with Crippen LogP contribution in [0.4, 0.5) is 5.69 Å². The molecular weight excluding hydrogens is 268 g/mol. The van der Waals surface area contributed by atoms with Crippen LogP contribution in [0.2, 0.25) is 0 Å². The predicted octanol–water partition coefficient (Wildman–Crippen LogP) is 2.30. The van der Waals surface area contributed by atoms with E-state index in [1.165, 1.54) is 6.92 Å². The van der Waals surface area contributed by atoms with Crippen LogP contribution < -0.4 is 0 Å². The number of aryl methyl sites for hydroxylation is 2. The molecule has 1 aromatic carbocycles. The van der Waals surface area contributed by atoms with Crippen molar-refractivity contribution in [2.24, 2.45) is 4.99 Å². The van der Waals surface area contributed by atoms with Gasteiger partial charge in [0.25, 0.3) is 0 Å². The van der Waals surface area contributed by atoms with E-state index >= 15 is 0 Å². The summed E-state index contributed by atoms with van der Waals surface area (Å²) in [6, 6.07) is 3.54. The van der Waals surface area contributed by atoms with Crippen molar-refractivity contribution >= 4 is 18.0 Å². The van der Waals surface area contributed by atoms with Crippen molar-refractivity contribution in [1.29, 1.82) is 0 Å². The maximum atomic E-state index is 11.9. The molecule has 1 N–H and O–H groups in total. The normalized spacial score (nSPS) is 14.0. The van der Waals surface area contributed by atoms with E-state index < -0.39 is 11.6 Å². The Balaban J connectivity index is 3.22. The molecule has 0 spiro atoms. The smallest absolute Gasteiger partial charge is 0.342 e. The molecule has 21 heavy (non-hydrogen) atoms. The fourth-order valence-corrected chi connectivity index (χ4v) is 2.00. The number of ether oxygens (including phenoxy) is 1. The number of carbonyl (C=O) groups excluding carboxylic acids is 1. The third-order valence-electron chi connectivity index (χ3n) is 3.14. The minimum atomic E-state index is -1.66. The lowest BCUT2D eigenvalue weighted by molar-refractivity contribution is -0.164. The zero-order chi connectivity index (χ0) is 16.2. The number of aliphatic hydroxyl groups is 1. The van der Waals surface area contributed by atoms with Gasteiger partial charge in [-0.15, -0.1) is 0 Å². The zero-order valence-electron chi connectivity index (χ0n) is 13.6. The van der Waals surface area contributed by atoms with Gasteiger partial charge in [0, 0.05) is 14.1 Å². The second kappa shape index (κ2) is 6.72. The first-order valence-corrected chi connectivity index (χ1v) is 6.92. The molecule has 5 heteroatoms. The van der Waals surface area contributed by atoms with Crippen molar-refractivity contribution in [2.75, 3.05) is 20.7 Å². The molecule has 0 bridgehead atoms. The number of esters is 1. The summed E-state index contributed by atoms with van der Waals surface area (Å²) >= 11 is 0. The van der Waals surface area contributed by atoms with E-state index in [1.54, 1.807) is 25.4 Å². The third-order valence-corrected chi connectivity index (χ3v) is 3.14. The number of rotatable bonds is 5. The maximum Gasteiger partial charge on any atom is 0.342 e. The Morgan fingerprint density at radius 1 is 1.38 bits per heavy atom. The average Bonchev–Trinajstić information content (AvgIpc) is 2.37. The Labute approximate surface area is 126 Å². The van der Waals surface area contributed by atoms with Crippen molar-refractivity contribution in [3.8, 4) is 0 Å². The first-order chi connectivity index (χ1) is 9.70. The summed E-state index contributed by atoms with van der Waals surface area (Å²) < 4.78 is 4.92.